The molecule has 82 valence electrons. The standard InChI is InChI=1S/C10H19NO3/c1-8(2)7-9(13)3-4-10(14)11-5-6-12/h8,12H,3-7H2,1-2H3,(H,11,14). The number of hydrogen-bond acceptors (Lipinski definition) is 3. The van der Waals surface area contributed by atoms with Crippen LogP contribution in [0, 0.1) is 5.92 Å². The average molecular weight is 201 g/mol. The van der Waals surface area contributed by atoms with Gasteiger partial charge in [0.1, 0.15) is 5.78 Å². The molecule has 0 radical (unpaired) electrons. The predicted molar refractivity (Wildman–Crippen MR) is 53.8 cm³/mol. The van der Waals surface area contributed by atoms with E-state index >= 15 is 0 Å². The first-order valence-corrected chi connectivity index (χ1v) is 4.95. The smallest absolute Gasteiger partial charge is 0.220 e. The molecule has 0 atom stereocenters. The van der Waals surface area contributed by atoms with Crippen LogP contribution in [0.1, 0.15) is 33.1 Å². The molecule has 0 saturated heterocycles. The van der Waals surface area contributed by atoms with Gasteiger partial charge < -0.3 is 10.4 Å². The van der Waals surface area contributed by atoms with Gasteiger partial charge >= 0.3 is 0 Å². The molecule has 0 rings (SSSR count). The molecule has 0 unspecified atom stereocenters. The first-order valence-electron chi connectivity index (χ1n) is 4.95. The maximum atomic E-state index is 11.2. The first-order chi connectivity index (χ1) is 6.56. The number of aliphatic hydroxyl groups is 1. The Bertz CT molecular complexity index is 190. The third kappa shape index (κ3) is 7.73. The van der Waals surface area contributed by atoms with Gasteiger partial charge in [-0.25, -0.2) is 0 Å². The van der Waals surface area contributed by atoms with Crippen molar-refractivity contribution in [2.45, 2.75) is 33.1 Å². The number of nitrogens with one attached hydrogen (secondary N) is 1. The Morgan fingerprint density at radius 1 is 1.29 bits per heavy atom. The second-order valence-corrected chi connectivity index (χ2v) is 3.71. The topological polar surface area (TPSA) is 66.4 Å². The summed E-state index contributed by atoms with van der Waals surface area (Å²) in [7, 11) is 0. The number of carbonyl (C=O) groups excluding carboxylic acids is 2. The molecule has 0 aromatic rings. The van der Waals surface area contributed by atoms with E-state index in [0.717, 1.165) is 0 Å². The molecule has 0 aromatic carbocycles. The highest BCUT2D eigenvalue weighted by Crippen LogP contribution is 2.04. The fourth-order valence-corrected chi connectivity index (χ4v) is 1.09. The molecule has 14 heavy (non-hydrogen) atoms. The summed E-state index contributed by atoms with van der Waals surface area (Å²) in [5.41, 5.74) is 0. The lowest BCUT2D eigenvalue weighted by Gasteiger charge is -2.04. The van der Waals surface area contributed by atoms with Gasteiger partial charge in [0, 0.05) is 25.8 Å². The number of Topliss-reactive ketones (excluding diaryl/α,β-unsaturated/α-hetero) is 1. The third-order valence-electron chi connectivity index (χ3n) is 1.70. The molecule has 0 fully saturated rings. The molecule has 0 aliphatic heterocycles. The van der Waals surface area contributed by atoms with Gasteiger partial charge in [-0.3, -0.25) is 9.59 Å². The molecule has 0 aliphatic carbocycles. The van der Waals surface area contributed by atoms with Crippen LogP contribution in [0.15, 0.2) is 0 Å². The Labute approximate surface area is 84.7 Å². The van der Waals surface area contributed by atoms with Gasteiger partial charge in [-0.2, -0.15) is 0 Å². The molecule has 4 heteroatoms. The Balaban J connectivity index is 3.51. The van der Waals surface area contributed by atoms with Gasteiger partial charge in [-0.05, 0) is 5.92 Å². The summed E-state index contributed by atoms with van der Waals surface area (Å²) in [6.45, 7) is 4.15. The van der Waals surface area contributed by atoms with E-state index in [1.54, 1.807) is 0 Å². The zero-order valence-corrected chi connectivity index (χ0v) is 8.88. The van der Waals surface area contributed by atoms with E-state index < -0.39 is 0 Å². The molecule has 0 aliphatic rings. The number of hydrogen-bond donors (Lipinski definition) is 2. The number of aliphatic hydroxyl groups excluding tert-OH is 1. The highest BCUT2D eigenvalue weighted by atomic mass is 16.3. The zero-order chi connectivity index (χ0) is 11.0. The predicted octanol–water partition coefficient (Wildman–Crippen LogP) is 0.490. The minimum absolute atomic E-state index is 0.0638. The molecule has 0 bridgehead atoms. The number of rotatable bonds is 7. The van der Waals surface area contributed by atoms with Crippen LogP contribution in [0.25, 0.3) is 0 Å². The van der Waals surface area contributed by atoms with E-state index in [0.29, 0.717) is 18.8 Å². The fourth-order valence-electron chi connectivity index (χ4n) is 1.09. The van der Waals surface area contributed by atoms with Crippen molar-refractivity contribution in [3.8, 4) is 0 Å². The van der Waals surface area contributed by atoms with Crippen molar-refractivity contribution >= 4 is 11.7 Å². The van der Waals surface area contributed by atoms with E-state index in [2.05, 4.69) is 5.32 Å². The zero-order valence-electron chi connectivity index (χ0n) is 8.88. The Hall–Kier alpha value is -0.900. The van der Waals surface area contributed by atoms with Gasteiger partial charge in [0.25, 0.3) is 0 Å². The largest absolute Gasteiger partial charge is 0.395 e. The van der Waals surface area contributed by atoms with Gasteiger partial charge in [-0.1, -0.05) is 13.8 Å². The summed E-state index contributed by atoms with van der Waals surface area (Å²) in [6.07, 6.45) is 1.06. The van der Waals surface area contributed by atoms with E-state index in [4.69, 9.17) is 5.11 Å². The second-order valence-electron chi connectivity index (χ2n) is 3.71. The minimum atomic E-state index is -0.170. The molecule has 0 saturated carbocycles. The van der Waals surface area contributed by atoms with Gasteiger partial charge in [0.05, 0.1) is 6.61 Å². The van der Waals surface area contributed by atoms with Crippen LogP contribution in [0.5, 0.6) is 0 Å². The molecule has 0 aromatic heterocycles. The SMILES string of the molecule is CC(C)CC(=O)CCC(=O)NCCO. The molecule has 2 N–H and O–H groups in total. The average Bonchev–Trinajstić information content (AvgIpc) is 2.10. The van der Waals surface area contributed by atoms with Crippen LogP contribution in [0.4, 0.5) is 0 Å². The normalized spacial score (nSPS) is 10.3. The van der Waals surface area contributed by atoms with E-state index in [1.165, 1.54) is 0 Å². The lowest BCUT2D eigenvalue weighted by atomic mass is 10.0. The van der Waals surface area contributed by atoms with Crippen LogP contribution >= 0.6 is 0 Å². The third-order valence-corrected chi connectivity index (χ3v) is 1.70. The van der Waals surface area contributed by atoms with Crippen LogP contribution in [0.3, 0.4) is 0 Å². The second kappa shape index (κ2) is 7.50. The molecular weight excluding hydrogens is 182 g/mol. The molecule has 0 heterocycles. The summed E-state index contributed by atoms with van der Waals surface area (Å²) in [4.78, 5) is 22.2. The molecule has 0 spiro atoms. The lowest BCUT2D eigenvalue weighted by molar-refractivity contribution is -0.125. The maximum Gasteiger partial charge on any atom is 0.220 e. The number of amides is 1. The Morgan fingerprint density at radius 3 is 2.43 bits per heavy atom. The van der Waals surface area contributed by atoms with E-state index in [-0.39, 0.29) is 31.3 Å². The molecule has 4 nitrogen and oxygen atoms in total. The van der Waals surface area contributed by atoms with Crippen LogP contribution in [0.2, 0.25) is 0 Å². The number of carbonyl (C=O) groups is 2. The van der Waals surface area contributed by atoms with Crippen molar-refractivity contribution in [3.05, 3.63) is 0 Å². The van der Waals surface area contributed by atoms with Gasteiger partial charge in [0.15, 0.2) is 0 Å². The Morgan fingerprint density at radius 2 is 1.93 bits per heavy atom. The van der Waals surface area contributed by atoms with Crippen molar-refractivity contribution in [2.24, 2.45) is 5.92 Å². The van der Waals surface area contributed by atoms with Crippen molar-refractivity contribution in [2.75, 3.05) is 13.2 Å². The minimum Gasteiger partial charge on any atom is -0.395 e. The maximum absolute atomic E-state index is 11.2. The lowest BCUT2D eigenvalue weighted by Crippen LogP contribution is -2.26. The summed E-state index contributed by atoms with van der Waals surface area (Å²) in [6, 6.07) is 0. The first kappa shape index (κ1) is 13.1. The highest BCUT2D eigenvalue weighted by molar-refractivity contribution is 5.84. The fraction of sp³-hybridized carbons (Fsp3) is 0.800. The van der Waals surface area contributed by atoms with Crippen molar-refractivity contribution in [1.29, 1.82) is 0 Å². The van der Waals surface area contributed by atoms with Gasteiger partial charge in [0.2, 0.25) is 5.91 Å². The molecular formula is C10H19NO3. The Kier molecular flexibility index (Phi) is 7.02. The summed E-state index contributed by atoms with van der Waals surface area (Å²) in [5, 5.41) is 10.9. The van der Waals surface area contributed by atoms with Crippen LogP contribution in [-0.4, -0.2) is 29.9 Å². The summed E-state index contributed by atoms with van der Waals surface area (Å²) < 4.78 is 0. The quantitative estimate of drug-likeness (QED) is 0.630. The highest BCUT2D eigenvalue weighted by Gasteiger charge is 2.07. The van der Waals surface area contributed by atoms with E-state index in [9.17, 15) is 9.59 Å². The summed E-state index contributed by atoms with van der Waals surface area (Å²) in [5.74, 6) is 0.304. The van der Waals surface area contributed by atoms with Crippen LogP contribution < -0.4 is 5.32 Å². The monoisotopic (exact) mass is 201 g/mol. The number of ketones is 1. The van der Waals surface area contributed by atoms with Crippen molar-refractivity contribution in [1.82, 2.24) is 5.32 Å². The van der Waals surface area contributed by atoms with Crippen molar-refractivity contribution in [3.63, 3.8) is 0 Å². The van der Waals surface area contributed by atoms with Crippen molar-refractivity contribution < 1.29 is 14.7 Å². The van der Waals surface area contributed by atoms with E-state index in [1.807, 2.05) is 13.8 Å². The van der Waals surface area contributed by atoms with Gasteiger partial charge in [-0.15, -0.1) is 0 Å². The van der Waals surface area contributed by atoms with Crippen LogP contribution in [-0.2, 0) is 9.59 Å². The summed E-state index contributed by atoms with van der Waals surface area (Å²) >= 11 is 0. The molecule has 1 amide bonds.